The number of halogens is 2. The maximum Gasteiger partial charge on any atom is 0.276 e. The van der Waals surface area contributed by atoms with E-state index in [4.69, 9.17) is 5.73 Å². The standard InChI is InChI=1S/C20H24N6O.2ClH/c1-13(21)15-6-5-11-25(12-15)20(27)19-14(2)26(24-23-19)18-9-3-8-17-16(18)7-4-10-22-17;;/h3-4,7-10,13,15H,5-6,11-12,21H2,1-2H3;2*1H. The zero-order valence-electron chi connectivity index (χ0n) is 16.5. The number of nitrogens with two attached hydrogens (primary N) is 1. The lowest BCUT2D eigenvalue weighted by Crippen LogP contribution is -2.45. The predicted octanol–water partition coefficient (Wildman–Crippen LogP) is 3.17. The molecule has 0 bridgehead atoms. The topological polar surface area (TPSA) is 89.9 Å². The number of amides is 1. The molecule has 1 amide bonds. The van der Waals surface area contributed by atoms with Crippen LogP contribution in [0, 0.1) is 12.8 Å². The molecule has 7 nitrogen and oxygen atoms in total. The molecule has 4 rings (SSSR count). The molecule has 1 saturated heterocycles. The number of hydrogen-bond donors (Lipinski definition) is 1. The number of fused-ring (bicyclic) bond motifs is 1. The van der Waals surface area contributed by atoms with Gasteiger partial charge in [-0.15, -0.1) is 29.9 Å². The Morgan fingerprint density at radius 3 is 2.79 bits per heavy atom. The normalized spacial score (nSPS) is 17.3. The van der Waals surface area contributed by atoms with Gasteiger partial charge in [0.2, 0.25) is 0 Å². The molecule has 2 atom stereocenters. The molecule has 0 saturated carbocycles. The van der Waals surface area contributed by atoms with Gasteiger partial charge in [0, 0.05) is 30.7 Å². The molecule has 3 heterocycles. The van der Waals surface area contributed by atoms with Crippen LogP contribution < -0.4 is 5.73 Å². The second-order valence-electron chi connectivity index (χ2n) is 7.30. The largest absolute Gasteiger partial charge is 0.337 e. The number of pyridine rings is 1. The minimum Gasteiger partial charge on any atom is -0.337 e. The third-order valence-electron chi connectivity index (χ3n) is 5.44. The molecule has 1 aliphatic heterocycles. The van der Waals surface area contributed by atoms with Gasteiger partial charge < -0.3 is 10.6 Å². The highest BCUT2D eigenvalue weighted by Gasteiger charge is 2.29. The Morgan fingerprint density at radius 2 is 2.03 bits per heavy atom. The summed E-state index contributed by atoms with van der Waals surface area (Å²) in [7, 11) is 0. The van der Waals surface area contributed by atoms with Crippen molar-refractivity contribution in [2.24, 2.45) is 11.7 Å². The van der Waals surface area contributed by atoms with E-state index < -0.39 is 0 Å². The van der Waals surface area contributed by atoms with Gasteiger partial charge in [0.15, 0.2) is 5.69 Å². The molecule has 0 spiro atoms. The third-order valence-corrected chi connectivity index (χ3v) is 5.44. The number of likely N-dealkylation sites (tertiary alicyclic amines) is 1. The summed E-state index contributed by atoms with van der Waals surface area (Å²) in [4.78, 5) is 19.3. The highest BCUT2D eigenvalue weighted by atomic mass is 35.5. The number of benzene rings is 1. The molecule has 29 heavy (non-hydrogen) atoms. The van der Waals surface area contributed by atoms with E-state index in [0.29, 0.717) is 18.2 Å². The molecule has 0 aliphatic carbocycles. The average Bonchev–Trinajstić information content (AvgIpc) is 3.08. The SMILES string of the molecule is Cc1c(C(=O)N2CCCC(C(C)N)C2)nnn1-c1cccc2ncccc12.Cl.Cl. The van der Waals surface area contributed by atoms with Crippen molar-refractivity contribution in [1.29, 1.82) is 0 Å². The Labute approximate surface area is 182 Å². The zero-order chi connectivity index (χ0) is 19.0. The summed E-state index contributed by atoms with van der Waals surface area (Å²) < 4.78 is 1.73. The van der Waals surface area contributed by atoms with Crippen LogP contribution in [-0.2, 0) is 0 Å². The number of nitrogens with zero attached hydrogens (tertiary/aromatic N) is 5. The first-order chi connectivity index (χ1) is 13.1. The summed E-state index contributed by atoms with van der Waals surface area (Å²) in [5.41, 5.74) is 8.95. The molecule has 2 unspecified atom stereocenters. The Kier molecular flexibility index (Phi) is 7.57. The van der Waals surface area contributed by atoms with Crippen molar-refractivity contribution in [3.05, 3.63) is 47.9 Å². The van der Waals surface area contributed by atoms with Crippen LogP contribution in [0.25, 0.3) is 16.6 Å². The molecule has 1 aliphatic rings. The Hall–Kier alpha value is -2.22. The number of piperidine rings is 1. The molecule has 2 aromatic heterocycles. The fourth-order valence-electron chi connectivity index (χ4n) is 3.80. The van der Waals surface area contributed by atoms with E-state index in [9.17, 15) is 4.79 Å². The number of rotatable bonds is 3. The molecular weight excluding hydrogens is 411 g/mol. The van der Waals surface area contributed by atoms with E-state index in [1.54, 1.807) is 10.9 Å². The van der Waals surface area contributed by atoms with Gasteiger partial charge >= 0.3 is 0 Å². The van der Waals surface area contributed by atoms with Crippen molar-refractivity contribution in [2.45, 2.75) is 32.7 Å². The van der Waals surface area contributed by atoms with Gasteiger partial charge in [0.05, 0.1) is 16.9 Å². The first kappa shape index (κ1) is 23.1. The van der Waals surface area contributed by atoms with Crippen molar-refractivity contribution in [3.63, 3.8) is 0 Å². The van der Waals surface area contributed by atoms with E-state index in [1.165, 1.54) is 0 Å². The predicted molar refractivity (Wildman–Crippen MR) is 118 cm³/mol. The lowest BCUT2D eigenvalue weighted by atomic mass is 9.92. The van der Waals surface area contributed by atoms with Gasteiger partial charge in [0.1, 0.15) is 0 Å². The lowest BCUT2D eigenvalue weighted by molar-refractivity contribution is 0.0654. The van der Waals surface area contributed by atoms with Crippen LogP contribution in [-0.4, -0.2) is 49.9 Å². The van der Waals surface area contributed by atoms with Crippen LogP contribution in [0.4, 0.5) is 0 Å². The van der Waals surface area contributed by atoms with Gasteiger partial charge in [0.25, 0.3) is 5.91 Å². The van der Waals surface area contributed by atoms with Gasteiger partial charge in [-0.3, -0.25) is 9.78 Å². The van der Waals surface area contributed by atoms with Crippen LogP contribution in [0.5, 0.6) is 0 Å². The number of carbonyl (C=O) groups is 1. The molecule has 2 N–H and O–H groups in total. The smallest absolute Gasteiger partial charge is 0.276 e. The summed E-state index contributed by atoms with van der Waals surface area (Å²) in [5.74, 6) is 0.268. The Balaban J connectivity index is 0.00000150. The maximum absolute atomic E-state index is 13.1. The lowest BCUT2D eigenvalue weighted by Gasteiger charge is -2.34. The molecule has 1 fully saturated rings. The highest BCUT2D eigenvalue weighted by Crippen LogP contribution is 2.24. The quantitative estimate of drug-likeness (QED) is 0.680. The fraction of sp³-hybridized carbons (Fsp3) is 0.400. The summed E-state index contributed by atoms with van der Waals surface area (Å²) in [6.07, 6.45) is 3.80. The van der Waals surface area contributed by atoms with E-state index in [0.717, 1.165) is 41.7 Å². The molecular formula is C20H26Cl2N6O. The van der Waals surface area contributed by atoms with Crippen molar-refractivity contribution in [3.8, 4) is 5.69 Å². The number of hydrogen-bond acceptors (Lipinski definition) is 5. The summed E-state index contributed by atoms with van der Waals surface area (Å²) in [6.45, 7) is 5.32. The first-order valence-corrected chi connectivity index (χ1v) is 9.37. The minimum atomic E-state index is -0.0672. The van der Waals surface area contributed by atoms with Crippen molar-refractivity contribution in [1.82, 2.24) is 24.9 Å². The van der Waals surface area contributed by atoms with Crippen LogP contribution in [0.2, 0.25) is 0 Å². The van der Waals surface area contributed by atoms with E-state index in [1.807, 2.05) is 49.1 Å². The van der Waals surface area contributed by atoms with Gasteiger partial charge in [-0.2, -0.15) is 0 Å². The van der Waals surface area contributed by atoms with Crippen molar-refractivity contribution < 1.29 is 4.79 Å². The maximum atomic E-state index is 13.1. The molecule has 9 heteroatoms. The Bertz CT molecular complexity index is 985. The highest BCUT2D eigenvalue weighted by molar-refractivity contribution is 5.94. The minimum absolute atomic E-state index is 0. The van der Waals surface area contributed by atoms with Crippen LogP contribution in [0.15, 0.2) is 36.5 Å². The van der Waals surface area contributed by atoms with E-state index >= 15 is 0 Å². The van der Waals surface area contributed by atoms with Crippen molar-refractivity contribution >= 4 is 41.6 Å². The van der Waals surface area contributed by atoms with E-state index in [-0.39, 0.29) is 36.8 Å². The number of carbonyl (C=O) groups excluding carboxylic acids is 1. The Morgan fingerprint density at radius 1 is 1.24 bits per heavy atom. The fourth-order valence-corrected chi connectivity index (χ4v) is 3.80. The van der Waals surface area contributed by atoms with Gasteiger partial charge in [-0.25, -0.2) is 4.68 Å². The van der Waals surface area contributed by atoms with Crippen LogP contribution in [0.1, 0.15) is 35.9 Å². The molecule has 1 aromatic carbocycles. The van der Waals surface area contributed by atoms with Crippen LogP contribution >= 0.6 is 24.8 Å². The monoisotopic (exact) mass is 436 g/mol. The van der Waals surface area contributed by atoms with Crippen molar-refractivity contribution in [2.75, 3.05) is 13.1 Å². The second kappa shape index (κ2) is 9.52. The molecule has 156 valence electrons. The van der Waals surface area contributed by atoms with E-state index in [2.05, 4.69) is 15.3 Å². The molecule has 3 aromatic rings. The zero-order valence-corrected chi connectivity index (χ0v) is 18.1. The van der Waals surface area contributed by atoms with Gasteiger partial charge in [-0.1, -0.05) is 11.3 Å². The number of aromatic nitrogens is 4. The first-order valence-electron chi connectivity index (χ1n) is 9.37. The van der Waals surface area contributed by atoms with Crippen LogP contribution in [0.3, 0.4) is 0 Å². The second-order valence-corrected chi connectivity index (χ2v) is 7.30. The molecule has 0 radical (unpaired) electrons. The summed E-state index contributed by atoms with van der Waals surface area (Å²) in [5, 5.41) is 9.46. The average molecular weight is 437 g/mol. The third kappa shape index (κ3) is 4.37. The summed E-state index contributed by atoms with van der Waals surface area (Å²) in [6, 6.07) is 9.84. The van der Waals surface area contributed by atoms with Gasteiger partial charge in [-0.05, 0) is 56.9 Å². The summed E-state index contributed by atoms with van der Waals surface area (Å²) >= 11 is 0.